The molecule has 0 N–H and O–H groups in total. The van der Waals surface area contributed by atoms with E-state index in [2.05, 4.69) is 4.98 Å². The lowest BCUT2D eigenvalue weighted by Crippen LogP contribution is -2.51. The fourth-order valence-corrected chi connectivity index (χ4v) is 7.60. The minimum Gasteiger partial charge on any atom is -0.443 e. The number of alkyl halides is 1. The summed E-state index contributed by atoms with van der Waals surface area (Å²) in [5.74, 6) is 1.07. The van der Waals surface area contributed by atoms with Gasteiger partial charge in [-0.2, -0.15) is 4.31 Å². The van der Waals surface area contributed by atoms with Gasteiger partial charge in [0.2, 0.25) is 15.9 Å². The van der Waals surface area contributed by atoms with Gasteiger partial charge in [-0.15, -0.1) is 0 Å². The molecular weight excluding hydrogens is 481 g/mol. The van der Waals surface area contributed by atoms with E-state index in [4.69, 9.17) is 4.42 Å². The molecule has 5 unspecified atom stereocenters. The number of aromatic nitrogens is 1. The van der Waals surface area contributed by atoms with Crippen LogP contribution < -0.4 is 0 Å². The number of rotatable bonds is 6. The first-order valence-corrected chi connectivity index (χ1v) is 14.1. The van der Waals surface area contributed by atoms with Gasteiger partial charge < -0.3 is 9.32 Å². The summed E-state index contributed by atoms with van der Waals surface area (Å²) < 4.78 is 48.2. The molecule has 1 aromatic heterocycles. The summed E-state index contributed by atoms with van der Waals surface area (Å²) in [4.78, 5) is 20.2. The van der Waals surface area contributed by atoms with Gasteiger partial charge >= 0.3 is 0 Å². The zero-order valence-corrected chi connectivity index (χ0v) is 21.0. The maximum Gasteiger partial charge on any atom is 0.243 e. The average Bonchev–Trinajstić information content (AvgIpc) is 3.29. The highest BCUT2D eigenvalue weighted by molar-refractivity contribution is 7.89. The van der Waals surface area contributed by atoms with Gasteiger partial charge in [0.15, 0.2) is 12.0 Å². The third-order valence-electron chi connectivity index (χ3n) is 8.10. The van der Waals surface area contributed by atoms with E-state index < -0.39 is 22.2 Å². The van der Waals surface area contributed by atoms with Crippen LogP contribution in [0.4, 0.5) is 4.39 Å². The van der Waals surface area contributed by atoms with Crippen molar-refractivity contribution in [1.82, 2.24) is 14.2 Å². The number of sulfonamides is 1. The number of carbonyl (C=O) groups excluding carboxylic acids is 1. The maximum absolute atomic E-state index is 14.7. The topological polar surface area (TPSA) is 83.7 Å². The van der Waals surface area contributed by atoms with Crippen LogP contribution in [0.2, 0.25) is 0 Å². The van der Waals surface area contributed by atoms with Crippen molar-refractivity contribution in [3.8, 4) is 0 Å². The lowest BCUT2D eigenvalue weighted by atomic mass is 9.93. The molecule has 5 atom stereocenters. The van der Waals surface area contributed by atoms with Crippen LogP contribution >= 0.6 is 0 Å². The molecule has 9 heteroatoms. The molecule has 2 heterocycles. The summed E-state index contributed by atoms with van der Waals surface area (Å²) in [5, 5.41) is 0. The molecule has 3 aromatic rings. The van der Waals surface area contributed by atoms with Crippen LogP contribution in [-0.4, -0.2) is 53.3 Å². The molecule has 3 aliphatic rings. The molecule has 2 saturated carbocycles. The van der Waals surface area contributed by atoms with Crippen LogP contribution in [-0.2, 0) is 21.4 Å². The molecule has 1 amide bonds. The van der Waals surface area contributed by atoms with Gasteiger partial charge in [0.1, 0.15) is 17.7 Å². The van der Waals surface area contributed by atoms with Gasteiger partial charge in [0.05, 0.1) is 4.90 Å². The Kier molecular flexibility index (Phi) is 5.87. The fraction of sp³-hybridized carbons (Fsp3) is 0.481. The number of fused-ring (bicyclic) bond motifs is 2. The summed E-state index contributed by atoms with van der Waals surface area (Å²) in [6.45, 7) is 1.90. The molecule has 3 fully saturated rings. The Morgan fingerprint density at radius 2 is 1.92 bits per heavy atom. The number of hydrogen-bond donors (Lipinski definition) is 0. The Labute approximate surface area is 210 Å². The van der Waals surface area contributed by atoms with Gasteiger partial charge in [-0.25, -0.2) is 17.8 Å². The van der Waals surface area contributed by atoms with Crippen LogP contribution in [0.15, 0.2) is 58.2 Å². The lowest BCUT2D eigenvalue weighted by Gasteiger charge is -2.37. The number of carbonyl (C=O) groups is 1. The van der Waals surface area contributed by atoms with E-state index in [1.165, 1.54) is 24.9 Å². The second kappa shape index (κ2) is 8.95. The Bertz CT molecular complexity index is 1390. The Hall–Kier alpha value is -2.78. The number of benzene rings is 2. The third kappa shape index (κ3) is 4.32. The van der Waals surface area contributed by atoms with Crippen molar-refractivity contribution in [2.75, 3.05) is 6.54 Å². The van der Waals surface area contributed by atoms with E-state index in [1.54, 1.807) is 12.1 Å². The van der Waals surface area contributed by atoms with Crippen molar-refractivity contribution in [2.24, 2.45) is 11.8 Å². The van der Waals surface area contributed by atoms with E-state index in [1.807, 2.05) is 30.0 Å². The van der Waals surface area contributed by atoms with Crippen molar-refractivity contribution in [3.05, 3.63) is 60.0 Å². The molecule has 1 saturated heterocycles. The molecule has 190 valence electrons. The first-order valence-electron chi connectivity index (χ1n) is 12.6. The van der Waals surface area contributed by atoms with Gasteiger partial charge in [-0.05, 0) is 74.3 Å². The second-order valence-electron chi connectivity index (χ2n) is 10.6. The largest absolute Gasteiger partial charge is 0.443 e. The summed E-state index contributed by atoms with van der Waals surface area (Å²) in [6, 6.07) is 11.1. The normalized spacial score (nSPS) is 28.2. The van der Waals surface area contributed by atoms with E-state index in [9.17, 15) is 17.6 Å². The van der Waals surface area contributed by atoms with Crippen molar-refractivity contribution >= 4 is 27.0 Å². The summed E-state index contributed by atoms with van der Waals surface area (Å²) >= 11 is 0. The van der Waals surface area contributed by atoms with Crippen LogP contribution in [0.25, 0.3) is 11.1 Å². The lowest BCUT2D eigenvalue weighted by molar-refractivity contribution is -0.138. The molecule has 0 bridgehead atoms. The number of nitrogens with zero attached hydrogens (tertiary/aromatic N) is 3. The Balaban J connectivity index is 1.32. The summed E-state index contributed by atoms with van der Waals surface area (Å²) in [7, 11) is -4.02. The van der Waals surface area contributed by atoms with Crippen LogP contribution in [0.1, 0.15) is 43.2 Å². The molecule has 1 aliphatic heterocycles. The van der Waals surface area contributed by atoms with E-state index >= 15 is 0 Å². The average molecular weight is 512 g/mol. The van der Waals surface area contributed by atoms with Gasteiger partial charge in [-0.1, -0.05) is 23.8 Å². The molecule has 7 nitrogen and oxygen atoms in total. The minimum absolute atomic E-state index is 0.0110. The molecule has 0 radical (unpaired) electrons. The number of hydrogen-bond acceptors (Lipinski definition) is 5. The summed E-state index contributed by atoms with van der Waals surface area (Å²) in [5.41, 5.74) is 3.20. The van der Waals surface area contributed by atoms with Gasteiger partial charge in [-0.3, -0.25) is 4.79 Å². The first kappa shape index (κ1) is 23.6. The predicted octanol–water partition coefficient (Wildman–Crippen LogP) is 4.45. The molecule has 36 heavy (non-hydrogen) atoms. The molecular formula is C27H30FN3O4S. The number of halogens is 1. The number of oxazole rings is 1. The van der Waals surface area contributed by atoms with Crippen molar-refractivity contribution in [3.63, 3.8) is 0 Å². The van der Waals surface area contributed by atoms with E-state index in [-0.39, 0.29) is 29.8 Å². The minimum atomic E-state index is -4.02. The molecule has 2 aliphatic carbocycles. The maximum atomic E-state index is 14.7. The van der Waals surface area contributed by atoms with Crippen LogP contribution in [0.5, 0.6) is 0 Å². The zero-order valence-electron chi connectivity index (χ0n) is 20.2. The van der Waals surface area contributed by atoms with Gasteiger partial charge in [0.25, 0.3) is 0 Å². The Morgan fingerprint density at radius 1 is 1.11 bits per heavy atom. The second-order valence-corrected chi connectivity index (χ2v) is 12.5. The quantitative estimate of drug-likeness (QED) is 0.488. The van der Waals surface area contributed by atoms with Crippen molar-refractivity contribution in [2.45, 2.75) is 68.7 Å². The van der Waals surface area contributed by atoms with E-state index in [0.717, 1.165) is 40.6 Å². The zero-order chi connectivity index (χ0) is 25.0. The fourth-order valence-electron chi connectivity index (χ4n) is 5.98. The monoisotopic (exact) mass is 511 g/mol. The SMILES string of the molecule is Cc1ccc(S(=O)(=O)N2CC(F)CC2C(=O)N(Cc2ccc3ocnc3c2)C2CCC3CC3C2)cc1. The van der Waals surface area contributed by atoms with Crippen molar-refractivity contribution in [1.29, 1.82) is 0 Å². The highest BCUT2D eigenvalue weighted by Crippen LogP contribution is 2.50. The molecule has 0 spiro atoms. The standard InChI is InChI=1S/C27H30FN3O4S/c1-17-2-7-23(8-3-17)36(33,34)31-15-21(28)13-25(31)27(32)30(22-6-5-19-11-20(19)12-22)14-18-4-9-26-24(10-18)29-16-35-26/h2-4,7-10,16,19-22,25H,5-6,11-15H2,1H3. The highest BCUT2D eigenvalue weighted by atomic mass is 32.2. The van der Waals surface area contributed by atoms with Gasteiger partial charge in [0, 0.05) is 25.6 Å². The molecule has 6 rings (SSSR count). The number of amides is 1. The van der Waals surface area contributed by atoms with Crippen LogP contribution in [0.3, 0.4) is 0 Å². The van der Waals surface area contributed by atoms with Crippen LogP contribution in [0, 0.1) is 18.8 Å². The molecule has 2 aromatic carbocycles. The third-order valence-corrected chi connectivity index (χ3v) is 9.99. The predicted molar refractivity (Wildman–Crippen MR) is 132 cm³/mol. The number of aryl methyl sites for hydroxylation is 1. The smallest absolute Gasteiger partial charge is 0.243 e. The first-order chi connectivity index (χ1) is 17.3. The highest BCUT2D eigenvalue weighted by Gasteiger charge is 2.49. The van der Waals surface area contributed by atoms with Crippen molar-refractivity contribution < 1.29 is 22.0 Å². The summed E-state index contributed by atoms with van der Waals surface area (Å²) in [6.07, 6.45) is 3.96. The van der Waals surface area contributed by atoms with E-state index in [0.29, 0.717) is 23.6 Å². The Morgan fingerprint density at radius 3 is 2.69 bits per heavy atom.